The molecular weight excluding hydrogens is 474 g/mol. The molecule has 9 rings (SSSR count). The number of benzene rings is 6. The van der Waals surface area contributed by atoms with Gasteiger partial charge in [0.25, 0.3) is 0 Å². The van der Waals surface area contributed by atoms with Crippen LogP contribution >= 0.6 is 0 Å². The fourth-order valence-corrected chi connectivity index (χ4v) is 6.70. The second-order valence-electron chi connectivity index (χ2n) is 10.5. The largest absolute Gasteiger partial charge is 0.453 e. The maximum absolute atomic E-state index is 6.53. The van der Waals surface area contributed by atoms with Crippen LogP contribution in [-0.4, -0.2) is 4.57 Å². The van der Waals surface area contributed by atoms with Crippen molar-refractivity contribution in [2.45, 2.75) is 6.42 Å². The predicted octanol–water partition coefficient (Wildman–Crippen LogP) is 9.79. The minimum Gasteiger partial charge on any atom is -0.453 e. The molecule has 2 nitrogen and oxygen atoms in total. The van der Waals surface area contributed by atoms with E-state index >= 15 is 0 Å². The molecule has 0 saturated heterocycles. The Kier molecular flexibility index (Phi) is 4.14. The van der Waals surface area contributed by atoms with Crippen LogP contribution in [0.25, 0.3) is 60.9 Å². The van der Waals surface area contributed by atoms with Crippen molar-refractivity contribution >= 4 is 21.8 Å². The van der Waals surface area contributed by atoms with Gasteiger partial charge in [0.15, 0.2) is 11.5 Å². The van der Waals surface area contributed by atoms with Crippen LogP contribution in [0, 0.1) is 0 Å². The van der Waals surface area contributed by atoms with Gasteiger partial charge in [-0.2, -0.15) is 0 Å². The molecule has 0 atom stereocenters. The number of fused-ring (bicyclic) bond motifs is 8. The lowest BCUT2D eigenvalue weighted by molar-refractivity contribution is 0.476. The minimum absolute atomic E-state index is 0.887. The summed E-state index contributed by atoms with van der Waals surface area (Å²) >= 11 is 0. The summed E-state index contributed by atoms with van der Waals surface area (Å²) in [4.78, 5) is 0. The normalized spacial score (nSPS) is 12.7. The van der Waals surface area contributed by atoms with Crippen LogP contribution in [0.15, 0.2) is 127 Å². The standard InChI is InChI=1S/C37H23NO/c1-2-12-27-25(9-1)20-31-28(14-8-15-29(27)31)24-11-7-10-23(19-24)26-21-32-30-13-3-4-16-33(30)38-34-17-5-6-18-35(34)39-36(22-26)37(32)38/h1-19,21-22H,20H2. The fourth-order valence-electron chi connectivity index (χ4n) is 6.70. The van der Waals surface area contributed by atoms with Gasteiger partial charge < -0.3 is 9.30 Å². The highest BCUT2D eigenvalue weighted by Gasteiger charge is 2.25. The van der Waals surface area contributed by atoms with Crippen molar-refractivity contribution in [1.82, 2.24) is 4.57 Å². The van der Waals surface area contributed by atoms with Gasteiger partial charge in [0, 0.05) is 10.8 Å². The Hall–Kier alpha value is -5.08. The fraction of sp³-hybridized carbons (Fsp3) is 0.0270. The molecule has 1 aliphatic carbocycles. The van der Waals surface area contributed by atoms with E-state index in [1.165, 1.54) is 55.2 Å². The molecule has 1 aliphatic heterocycles. The van der Waals surface area contributed by atoms with E-state index in [0.29, 0.717) is 0 Å². The molecule has 0 spiro atoms. The van der Waals surface area contributed by atoms with Crippen LogP contribution < -0.4 is 4.74 Å². The molecule has 0 N–H and O–H groups in total. The van der Waals surface area contributed by atoms with Crippen LogP contribution in [0.5, 0.6) is 11.5 Å². The third-order valence-corrected chi connectivity index (χ3v) is 8.42. The van der Waals surface area contributed by atoms with Crippen molar-refractivity contribution in [3.8, 4) is 50.6 Å². The third kappa shape index (κ3) is 2.91. The first-order valence-corrected chi connectivity index (χ1v) is 13.5. The number of ether oxygens (including phenoxy) is 1. The highest BCUT2D eigenvalue weighted by molar-refractivity contribution is 6.13. The Balaban J connectivity index is 1.24. The minimum atomic E-state index is 0.887. The highest BCUT2D eigenvalue weighted by atomic mass is 16.5. The average molecular weight is 498 g/mol. The molecule has 182 valence electrons. The quantitative estimate of drug-likeness (QED) is 0.232. The van der Waals surface area contributed by atoms with E-state index in [1.54, 1.807) is 0 Å². The molecule has 0 unspecified atom stereocenters. The van der Waals surface area contributed by atoms with Gasteiger partial charge in [0.2, 0.25) is 0 Å². The highest BCUT2D eigenvalue weighted by Crippen LogP contribution is 2.47. The zero-order chi connectivity index (χ0) is 25.5. The monoisotopic (exact) mass is 497 g/mol. The summed E-state index contributed by atoms with van der Waals surface area (Å²) in [5.41, 5.74) is 13.9. The van der Waals surface area contributed by atoms with E-state index in [0.717, 1.165) is 34.7 Å². The van der Waals surface area contributed by atoms with Crippen LogP contribution in [0.4, 0.5) is 0 Å². The molecule has 0 amide bonds. The van der Waals surface area contributed by atoms with Crippen LogP contribution in [-0.2, 0) is 6.42 Å². The topological polar surface area (TPSA) is 14.2 Å². The molecule has 39 heavy (non-hydrogen) atoms. The molecule has 0 fully saturated rings. The summed E-state index contributed by atoms with van der Waals surface area (Å²) in [6.45, 7) is 0. The molecule has 0 radical (unpaired) electrons. The van der Waals surface area contributed by atoms with Crippen LogP contribution in [0.2, 0.25) is 0 Å². The molecule has 2 aliphatic rings. The lowest BCUT2D eigenvalue weighted by atomic mass is 9.93. The molecule has 0 saturated carbocycles. The van der Waals surface area contributed by atoms with Crippen LogP contribution in [0.3, 0.4) is 0 Å². The third-order valence-electron chi connectivity index (χ3n) is 8.42. The molecule has 0 bridgehead atoms. The van der Waals surface area contributed by atoms with Crippen molar-refractivity contribution in [2.75, 3.05) is 0 Å². The summed E-state index contributed by atoms with van der Waals surface area (Å²) < 4.78 is 8.88. The zero-order valence-corrected chi connectivity index (χ0v) is 21.2. The zero-order valence-electron chi connectivity index (χ0n) is 21.2. The van der Waals surface area contributed by atoms with Crippen molar-refractivity contribution in [3.63, 3.8) is 0 Å². The van der Waals surface area contributed by atoms with Gasteiger partial charge in [-0.05, 0) is 87.3 Å². The second kappa shape index (κ2) is 7.72. The summed E-state index contributed by atoms with van der Waals surface area (Å²) in [7, 11) is 0. The van der Waals surface area contributed by atoms with E-state index in [2.05, 4.69) is 126 Å². The smallest absolute Gasteiger partial charge is 0.152 e. The van der Waals surface area contributed by atoms with Gasteiger partial charge in [-0.3, -0.25) is 0 Å². The van der Waals surface area contributed by atoms with Gasteiger partial charge in [-0.15, -0.1) is 0 Å². The number of rotatable bonds is 2. The predicted molar refractivity (Wildman–Crippen MR) is 160 cm³/mol. The number of nitrogens with zero attached hydrogens (tertiary/aromatic N) is 1. The van der Waals surface area contributed by atoms with E-state index in [9.17, 15) is 0 Å². The Morgan fingerprint density at radius 1 is 0.513 bits per heavy atom. The Bertz CT molecular complexity index is 2130. The Morgan fingerprint density at radius 2 is 1.28 bits per heavy atom. The van der Waals surface area contributed by atoms with E-state index < -0.39 is 0 Å². The molecule has 1 aromatic heterocycles. The van der Waals surface area contributed by atoms with Crippen molar-refractivity contribution in [1.29, 1.82) is 0 Å². The first kappa shape index (κ1) is 20.9. The number of para-hydroxylation sites is 3. The SMILES string of the molecule is c1cc(-c2cc3c4c(c2)c2ccccc2n4-c2ccccc2O3)cc(-c2cccc3c2Cc2ccccc2-3)c1. The lowest BCUT2D eigenvalue weighted by Crippen LogP contribution is -2.03. The van der Waals surface area contributed by atoms with Crippen molar-refractivity contribution in [3.05, 3.63) is 139 Å². The number of aromatic nitrogens is 1. The molecule has 2 heterocycles. The van der Waals surface area contributed by atoms with Crippen LogP contribution in [0.1, 0.15) is 11.1 Å². The number of hydrogen-bond acceptors (Lipinski definition) is 1. The maximum atomic E-state index is 6.53. The molecule has 2 heteroatoms. The first-order valence-electron chi connectivity index (χ1n) is 13.5. The van der Waals surface area contributed by atoms with Crippen molar-refractivity contribution in [2.24, 2.45) is 0 Å². The van der Waals surface area contributed by atoms with Gasteiger partial charge in [0.1, 0.15) is 0 Å². The Labute approximate surface area is 226 Å². The van der Waals surface area contributed by atoms with E-state index in [4.69, 9.17) is 4.74 Å². The molecule has 7 aromatic rings. The average Bonchev–Trinajstić information content (AvgIpc) is 3.54. The lowest BCUT2D eigenvalue weighted by Gasteiger charge is -2.21. The molecular formula is C37H23NO. The van der Waals surface area contributed by atoms with Gasteiger partial charge in [-0.25, -0.2) is 0 Å². The Morgan fingerprint density at radius 3 is 2.28 bits per heavy atom. The summed E-state index contributed by atoms with van der Waals surface area (Å²) in [6.07, 6.45) is 0.981. The van der Waals surface area contributed by atoms with E-state index in [1.807, 2.05) is 6.07 Å². The second-order valence-corrected chi connectivity index (χ2v) is 10.5. The summed E-state index contributed by atoms with van der Waals surface area (Å²) in [5.74, 6) is 1.79. The van der Waals surface area contributed by atoms with Gasteiger partial charge in [-0.1, -0.05) is 91.0 Å². The number of hydrogen-bond donors (Lipinski definition) is 0. The molecule has 6 aromatic carbocycles. The van der Waals surface area contributed by atoms with Gasteiger partial charge in [0.05, 0.1) is 16.7 Å². The van der Waals surface area contributed by atoms with Crippen molar-refractivity contribution < 1.29 is 4.74 Å². The summed E-state index contributed by atoms with van der Waals surface area (Å²) in [5, 5.41) is 2.46. The van der Waals surface area contributed by atoms with Gasteiger partial charge >= 0.3 is 0 Å². The first-order chi connectivity index (χ1) is 19.3. The summed E-state index contributed by atoms with van der Waals surface area (Å²) in [6, 6.07) is 46.0. The maximum Gasteiger partial charge on any atom is 0.152 e. The van der Waals surface area contributed by atoms with E-state index in [-0.39, 0.29) is 0 Å².